The zero-order valence-electron chi connectivity index (χ0n) is 18.2. The summed E-state index contributed by atoms with van der Waals surface area (Å²) in [6.07, 6.45) is 4.55. The molecule has 164 valence electrons. The number of nitrogens with zero attached hydrogens (tertiary/aromatic N) is 3. The maximum atomic E-state index is 12.1. The molecule has 0 aliphatic rings. The average Bonchev–Trinajstić information content (AvgIpc) is 3.19. The number of benzene rings is 2. The number of carbonyl (C=O) groups is 1. The van der Waals surface area contributed by atoms with E-state index in [1.54, 1.807) is 25.1 Å². The van der Waals surface area contributed by atoms with Gasteiger partial charge in [-0.2, -0.15) is 0 Å². The minimum absolute atomic E-state index is 0.0290. The lowest BCUT2D eigenvalue weighted by Gasteiger charge is -2.10. The summed E-state index contributed by atoms with van der Waals surface area (Å²) < 4.78 is 7.56. The summed E-state index contributed by atoms with van der Waals surface area (Å²) in [5.41, 5.74) is 4.88. The number of hydrogen-bond donors (Lipinski definition) is 1. The first-order valence-corrected chi connectivity index (χ1v) is 11.6. The first-order valence-electron chi connectivity index (χ1n) is 10.6. The summed E-state index contributed by atoms with van der Waals surface area (Å²) in [4.78, 5) is 21.2. The van der Waals surface area contributed by atoms with Crippen LogP contribution in [0, 0.1) is 0 Å². The first kappa shape index (κ1) is 21.9. The van der Waals surface area contributed by atoms with E-state index in [0.717, 1.165) is 45.2 Å². The zero-order chi connectivity index (χ0) is 22.3. The molecule has 0 saturated heterocycles. The second kappa shape index (κ2) is 10.3. The van der Waals surface area contributed by atoms with Crippen LogP contribution in [-0.4, -0.2) is 34.1 Å². The molecule has 0 saturated carbocycles. The predicted octanol–water partition coefficient (Wildman–Crippen LogP) is 4.92. The Morgan fingerprint density at radius 3 is 2.75 bits per heavy atom. The number of methoxy groups -OCH3 is 1. The van der Waals surface area contributed by atoms with Crippen LogP contribution in [0.4, 0.5) is 0 Å². The Balaban J connectivity index is 1.53. The fraction of sp³-hybridized carbons (Fsp3) is 0.240. The third-order valence-electron chi connectivity index (χ3n) is 5.11. The molecule has 0 unspecified atom stereocenters. The minimum Gasteiger partial charge on any atom is -0.497 e. The quantitative estimate of drug-likeness (QED) is 0.370. The first-order chi connectivity index (χ1) is 15.7. The van der Waals surface area contributed by atoms with Crippen LogP contribution >= 0.6 is 11.8 Å². The molecule has 2 aromatic heterocycles. The van der Waals surface area contributed by atoms with E-state index in [4.69, 9.17) is 9.72 Å². The van der Waals surface area contributed by atoms with E-state index in [1.165, 1.54) is 0 Å². The third-order valence-corrected chi connectivity index (χ3v) is 6.16. The molecular formula is C25H26N4O2S. The molecule has 0 aliphatic carbocycles. The molecule has 7 heteroatoms. The number of thioether (sulfide) groups is 1. The highest BCUT2D eigenvalue weighted by atomic mass is 32.2. The van der Waals surface area contributed by atoms with Gasteiger partial charge in [0, 0.05) is 24.1 Å². The Hall–Kier alpha value is -3.32. The number of imidazole rings is 1. The topological polar surface area (TPSA) is 69.0 Å². The van der Waals surface area contributed by atoms with Gasteiger partial charge >= 0.3 is 0 Å². The molecular weight excluding hydrogens is 420 g/mol. The fourth-order valence-corrected chi connectivity index (χ4v) is 4.37. The predicted molar refractivity (Wildman–Crippen MR) is 128 cm³/mol. The van der Waals surface area contributed by atoms with Gasteiger partial charge in [-0.15, -0.1) is 0 Å². The van der Waals surface area contributed by atoms with Gasteiger partial charge in [-0.3, -0.25) is 9.78 Å². The molecule has 6 nitrogen and oxygen atoms in total. The van der Waals surface area contributed by atoms with Crippen molar-refractivity contribution in [1.29, 1.82) is 0 Å². The van der Waals surface area contributed by atoms with Gasteiger partial charge in [-0.25, -0.2) is 4.98 Å². The Morgan fingerprint density at radius 1 is 1.12 bits per heavy atom. The van der Waals surface area contributed by atoms with E-state index in [-0.39, 0.29) is 5.91 Å². The summed E-state index contributed by atoms with van der Waals surface area (Å²) in [6.45, 7) is 3.41. The Bertz CT molecular complexity index is 1200. The zero-order valence-corrected chi connectivity index (χ0v) is 19.1. The van der Waals surface area contributed by atoms with Crippen molar-refractivity contribution in [3.63, 3.8) is 0 Å². The van der Waals surface area contributed by atoms with Gasteiger partial charge < -0.3 is 14.6 Å². The molecule has 0 bridgehead atoms. The Kier molecular flexibility index (Phi) is 7.07. The van der Waals surface area contributed by atoms with E-state index in [0.29, 0.717) is 18.7 Å². The van der Waals surface area contributed by atoms with Crippen molar-refractivity contribution < 1.29 is 9.53 Å². The van der Waals surface area contributed by atoms with Crippen molar-refractivity contribution in [3.8, 4) is 5.75 Å². The molecule has 0 fully saturated rings. The number of hydrogen-bond acceptors (Lipinski definition) is 5. The van der Waals surface area contributed by atoms with Gasteiger partial charge in [0.15, 0.2) is 5.16 Å². The van der Waals surface area contributed by atoms with Gasteiger partial charge in [0.25, 0.3) is 5.91 Å². The second-order valence-electron chi connectivity index (χ2n) is 7.44. The van der Waals surface area contributed by atoms with E-state index in [1.807, 2.05) is 61.7 Å². The lowest BCUT2D eigenvalue weighted by atomic mass is 10.1. The van der Waals surface area contributed by atoms with Crippen LogP contribution in [0.25, 0.3) is 11.0 Å². The third kappa shape index (κ3) is 5.11. The summed E-state index contributed by atoms with van der Waals surface area (Å²) in [6, 6.07) is 17.8. The second-order valence-corrected chi connectivity index (χ2v) is 8.38. The molecule has 0 atom stereocenters. The monoisotopic (exact) mass is 446 g/mol. The van der Waals surface area contributed by atoms with E-state index in [9.17, 15) is 4.79 Å². The highest BCUT2D eigenvalue weighted by molar-refractivity contribution is 7.98. The molecule has 0 radical (unpaired) electrons. The summed E-state index contributed by atoms with van der Waals surface area (Å²) >= 11 is 1.68. The summed E-state index contributed by atoms with van der Waals surface area (Å²) in [5, 5.41) is 3.84. The molecule has 1 N–H and O–H groups in total. The number of amides is 1. The number of ether oxygens (including phenoxy) is 1. The van der Waals surface area contributed by atoms with Gasteiger partial charge in [0.05, 0.1) is 30.9 Å². The Morgan fingerprint density at radius 2 is 1.97 bits per heavy atom. The number of carbonyl (C=O) groups excluding carboxylic acids is 1. The summed E-state index contributed by atoms with van der Waals surface area (Å²) in [5.74, 6) is 1.56. The molecule has 4 rings (SSSR count). The van der Waals surface area contributed by atoms with Crippen molar-refractivity contribution in [2.45, 2.75) is 30.8 Å². The van der Waals surface area contributed by atoms with Crippen LogP contribution in [0.2, 0.25) is 0 Å². The molecule has 0 spiro atoms. The number of nitrogens with one attached hydrogen (secondary N) is 1. The number of fused-ring (bicyclic) bond motifs is 1. The van der Waals surface area contributed by atoms with Crippen LogP contribution < -0.4 is 10.1 Å². The molecule has 2 aromatic carbocycles. The van der Waals surface area contributed by atoms with E-state index < -0.39 is 0 Å². The minimum atomic E-state index is -0.0290. The average molecular weight is 447 g/mol. The van der Waals surface area contributed by atoms with E-state index in [2.05, 4.69) is 20.9 Å². The smallest absolute Gasteiger partial charge is 0.251 e. The van der Waals surface area contributed by atoms with E-state index >= 15 is 0 Å². The van der Waals surface area contributed by atoms with Gasteiger partial charge in [-0.1, -0.05) is 43.0 Å². The van der Waals surface area contributed by atoms with Crippen molar-refractivity contribution in [2.75, 3.05) is 13.7 Å². The van der Waals surface area contributed by atoms with Gasteiger partial charge in [-0.05, 0) is 47.9 Å². The van der Waals surface area contributed by atoms with Crippen LogP contribution in [0.1, 0.15) is 34.8 Å². The maximum absolute atomic E-state index is 12.1. The normalized spacial score (nSPS) is 10.9. The van der Waals surface area contributed by atoms with Crippen molar-refractivity contribution in [1.82, 2.24) is 19.9 Å². The molecule has 0 aliphatic heterocycles. The largest absolute Gasteiger partial charge is 0.497 e. The van der Waals surface area contributed by atoms with Crippen molar-refractivity contribution >= 4 is 28.7 Å². The van der Waals surface area contributed by atoms with Crippen molar-refractivity contribution in [3.05, 3.63) is 83.7 Å². The maximum Gasteiger partial charge on any atom is 0.251 e. The highest BCUT2D eigenvalue weighted by Gasteiger charge is 2.13. The van der Waals surface area contributed by atoms with Crippen LogP contribution in [0.15, 0.2) is 72.1 Å². The van der Waals surface area contributed by atoms with Crippen LogP contribution in [0.5, 0.6) is 5.75 Å². The molecule has 32 heavy (non-hydrogen) atoms. The number of rotatable bonds is 9. The lowest BCUT2D eigenvalue weighted by molar-refractivity contribution is 0.0953. The summed E-state index contributed by atoms with van der Waals surface area (Å²) in [7, 11) is 1.68. The highest BCUT2D eigenvalue weighted by Crippen LogP contribution is 2.28. The number of aromatic nitrogens is 3. The van der Waals surface area contributed by atoms with Crippen LogP contribution in [-0.2, 0) is 12.3 Å². The van der Waals surface area contributed by atoms with Gasteiger partial charge in [0.2, 0.25) is 0 Å². The Labute approximate surface area is 192 Å². The van der Waals surface area contributed by atoms with Crippen molar-refractivity contribution in [2.24, 2.45) is 0 Å². The standard InChI is InChI=1S/C25H26N4O2S/c1-3-12-27-24(30)20-9-7-18(8-10-20)17-32-25-28-22-11-13-26-15-23(22)29(25)16-19-5-4-6-21(14-19)31-2/h4-11,13-15H,3,12,16-17H2,1-2H3,(H,27,30). The lowest BCUT2D eigenvalue weighted by Crippen LogP contribution is -2.23. The molecule has 2 heterocycles. The SMILES string of the molecule is CCCNC(=O)c1ccc(CSc2nc3ccncc3n2Cc2cccc(OC)c2)cc1. The molecule has 1 amide bonds. The van der Waals surface area contributed by atoms with Gasteiger partial charge in [0.1, 0.15) is 5.75 Å². The van der Waals surface area contributed by atoms with Crippen LogP contribution in [0.3, 0.4) is 0 Å². The molecule has 4 aromatic rings. The fourth-order valence-electron chi connectivity index (χ4n) is 3.40. The number of pyridine rings is 1.